The van der Waals surface area contributed by atoms with Crippen molar-refractivity contribution < 1.29 is 9.53 Å². The van der Waals surface area contributed by atoms with Gasteiger partial charge in [0.2, 0.25) is 0 Å². The van der Waals surface area contributed by atoms with E-state index in [-0.39, 0.29) is 36.0 Å². The molecule has 0 atom stereocenters. The van der Waals surface area contributed by atoms with Gasteiger partial charge in [-0.15, -0.1) is 24.0 Å². The van der Waals surface area contributed by atoms with E-state index in [2.05, 4.69) is 34.7 Å². The molecule has 0 unspecified atom stereocenters. The van der Waals surface area contributed by atoms with E-state index >= 15 is 0 Å². The number of rotatable bonds is 7. The van der Waals surface area contributed by atoms with Gasteiger partial charge in [-0.1, -0.05) is 12.1 Å². The maximum Gasteiger partial charge on any atom is 0.319 e. The third kappa shape index (κ3) is 9.20. The van der Waals surface area contributed by atoms with Crippen LogP contribution >= 0.6 is 24.0 Å². The Balaban J connectivity index is 0.00000420. The number of nitrogens with one attached hydrogen (secondary N) is 3. The molecule has 29 heavy (non-hydrogen) atoms. The Morgan fingerprint density at radius 3 is 2.41 bits per heavy atom. The van der Waals surface area contributed by atoms with Gasteiger partial charge in [-0.2, -0.15) is 0 Å². The lowest BCUT2D eigenvalue weighted by atomic mass is 10.1. The Hall–Kier alpha value is -1.55. The van der Waals surface area contributed by atoms with Crippen molar-refractivity contribution in [2.45, 2.75) is 59.2 Å². The fourth-order valence-corrected chi connectivity index (χ4v) is 3.18. The molecular formula is C21H36IN5O2. The van der Waals surface area contributed by atoms with Gasteiger partial charge in [-0.05, 0) is 58.2 Å². The normalized spacial score (nSPS) is 15.1. The summed E-state index contributed by atoms with van der Waals surface area (Å²) in [6.45, 7) is 12.2. The minimum Gasteiger partial charge on any atom is -0.378 e. The van der Waals surface area contributed by atoms with Crippen molar-refractivity contribution in [3.63, 3.8) is 0 Å². The number of piperidine rings is 1. The zero-order valence-electron chi connectivity index (χ0n) is 18.0. The molecule has 1 aliphatic heterocycles. The molecule has 1 saturated heterocycles. The average Bonchev–Trinajstić information content (AvgIpc) is 2.66. The van der Waals surface area contributed by atoms with Crippen molar-refractivity contribution in [1.82, 2.24) is 15.5 Å². The number of carbonyl (C=O) groups excluding carboxylic acids is 1. The molecule has 1 fully saturated rings. The number of hydrogen-bond donors (Lipinski definition) is 3. The largest absolute Gasteiger partial charge is 0.378 e. The molecule has 8 heteroatoms. The lowest BCUT2D eigenvalue weighted by Gasteiger charge is -2.34. The molecule has 0 spiro atoms. The molecule has 0 aliphatic carbocycles. The number of nitrogens with zero attached hydrogens (tertiary/aromatic N) is 2. The maximum atomic E-state index is 11.8. The zero-order valence-corrected chi connectivity index (χ0v) is 20.4. The standard InChI is InChI=1S/C21H35N5O2.HI/c1-5-22-20(26-13-11-19(12-14-26)28-6-2)23-15-17-7-9-18(10-8-17)25-21(27)24-16(3)4;/h7-10,16,19H,5-6,11-15H2,1-4H3,(H,22,23)(H2,24,25,27);1H. The quantitative estimate of drug-likeness (QED) is 0.292. The first-order valence-electron chi connectivity index (χ1n) is 10.3. The molecule has 1 aliphatic rings. The van der Waals surface area contributed by atoms with Gasteiger partial charge in [-0.3, -0.25) is 0 Å². The second-order valence-corrected chi connectivity index (χ2v) is 7.26. The summed E-state index contributed by atoms with van der Waals surface area (Å²) in [5.74, 6) is 0.955. The van der Waals surface area contributed by atoms with Crippen LogP contribution in [0.2, 0.25) is 0 Å². The fraction of sp³-hybridized carbons (Fsp3) is 0.619. The number of amides is 2. The molecule has 0 saturated carbocycles. The van der Waals surface area contributed by atoms with Gasteiger partial charge in [0, 0.05) is 38.0 Å². The summed E-state index contributed by atoms with van der Waals surface area (Å²) >= 11 is 0. The van der Waals surface area contributed by atoms with E-state index in [1.54, 1.807) is 0 Å². The molecule has 1 aromatic rings. The van der Waals surface area contributed by atoms with Crippen molar-refractivity contribution >= 4 is 41.7 Å². The predicted octanol–water partition coefficient (Wildman–Crippen LogP) is 3.80. The Labute approximate surface area is 192 Å². The molecule has 2 rings (SSSR count). The van der Waals surface area contributed by atoms with Crippen LogP contribution in [0.15, 0.2) is 29.3 Å². The summed E-state index contributed by atoms with van der Waals surface area (Å²) in [4.78, 5) is 18.9. The highest BCUT2D eigenvalue weighted by Gasteiger charge is 2.21. The highest BCUT2D eigenvalue weighted by Crippen LogP contribution is 2.15. The highest BCUT2D eigenvalue weighted by atomic mass is 127. The second-order valence-electron chi connectivity index (χ2n) is 7.26. The Morgan fingerprint density at radius 1 is 1.21 bits per heavy atom. The first-order chi connectivity index (χ1) is 13.5. The number of hydrogen-bond acceptors (Lipinski definition) is 3. The summed E-state index contributed by atoms with van der Waals surface area (Å²) < 4.78 is 5.74. The molecule has 3 N–H and O–H groups in total. The van der Waals surface area contributed by atoms with E-state index in [0.717, 1.165) is 56.3 Å². The topological polar surface area (TPSA) is 78.0 Å². The van der Waals surface area contributed by atoms with Gasteiger partial charge in [0.05, 0.1) is 12.6 Å². The summed E-state index contributed by atoms with van der Waals surface area (Å²) in [5.41, 5.74) is 1.88. The third-order valence-electron chi connectivity index (χ3n) is 4.52. The summed E-state index contributed by atoms with van der Waals surface area (Å²) in [6.07, 6.45) is 2.45. The van der Waals surface area contributed by atoms with E-state index in [4.69, 9.17) is 9.73 Å². The van der Waals surface area contributed by atoms with Crippen LogP contribution in [-0.4, -0.2) is 55.3 Å². The van der Waals surface area contributed by atoms with Gasteiger partial charge in [0.1, 0.15) is 0 Å². The summed E-state index contributed by atoms with van der Waals surface area (Å²) in [6, 6.07) is 7.73. The van der Waals surface area contributed by atoms with Crippen LogP contribution in [0.3, 0.4) is 0 Å². The van der Waals surface area contributed by atoms with Crippen LogP contribution < -0.4 is 16.0 Å². The monoisotopic (exact) mass is 517 g/mol. The Kier molecular flexibility index (Phi) is 12.0. The highest BCUT2D eigenvalue weighted by molar-refractivity contribution is 14.0. The SMILES string of the molecule is CCNC(=NCc1ccc(NC(=O)NC(C)C)cc1)N1CCC(OCC)CC1.I. The molecule has 0 radical (unpaired) electrons. The minimum absolute atomic E-state index is 0. The van der Waals surface area contributed by atoms with E-state index < -0.39 is 0 Å². The smallest absolute Gasteiger partial charge is 0.319 e. The first-order valence-corrected chi connectivity index (χ1v) is 10.3. The Morgan fingerprint density at radius 2 is 1.86 bits per heavy atom. The van der Waals surface area contributed by atoms with E-state index in [0.29, 0.717) is 12.6 Å². The number of ether oxygens (including phenoxy) is 1. The lowest BCUT2D eigenvalue weighted by Crippen LogP contribution is -2.47. The third-order valence-corrected chi connectivity index (χ3v) is 4.52. The second kappa shape index (κ2) is 13.6. The van der Waals surface area contributed by atoms with Crippen molar-refractivity contribution in [3.8, 4) is 0 Å². The number of benzene rings is 1. The number of anilines is 1. The number of halogens is 1. The number of urea groups is 1. The molecule has 7 nitrogen and oxygen atoms in total. The van der Waals surface area contributed by atoms with Crippen molar-refractivity contribution in [3.05, 3.63) is 29.8 Å². The van der Waals surface area contributed by atoms with E-state index in [1.165, 1.54) is 0 Å². The van der Waals surface area contributed by atoms with Crippen LogP contribution in [0.4, 0.5) is 10.5 Å². The van der Waals surface area contributed by atoms with Crippen molar-refractivity contribution in [2.24, 2.45) is 4.99 Å². The molecule has 0 aromatic heterocycles. The van der Waals surface area contributed by atoms with Crippen molar-refractivity contribution in [2.75, 3.05) is 31.6 Å². The van der Waals surface area contributed by atoms with Gasteiger partial charge in [0.15, 0.2) is 5.96 Å². The van der Waals surface area contributed by atoms with Crippen LogP contribution in [0.25, 0.3) is 0 Å². The van der Waals surface area contributed by atoms with E-state index in [9.17, 15) is 4.79 Å². The molecular weight excluding hydrogens is 481 g/mol. The number of likely N-dealkylation sites (tertiary alicyclic amines) is 1. The lowest BCUT2D eigenvalue weighted by molar-refractivity contribution is 0.0263. The van der Waals surface area contributed by atoms with Gasteiger partial charge < -0.3 is 25.6 Å². The zero-order chi connectivity index (χ0) is 20.4. The molecule has 1 heterocycles. The summed E-state index contributed by atoms with van der Waals surface area (Å²) in [5, 5.41) is 9.04. The molecule has 1 aromatic carbocycles. The number of aliphatic imine (C=N–C) groups is 1. The van der Waals surface area contributed by atoms with Gasteiger partial charge >= 0.3 is 6.03 Å². The fourth-order valence-electron chi connectivity index (χ4n) is 3.18. The summed E-state index contributed by atoms with van der Waals surface area (Å²) in [7, 11) is 0. The van der Waals surface area contributed by atoms with E-state index in [1.807, 2.05) is 38.1 Å². The number of guanidine groups is 1. The van der Waals surface area contributed by atoms with Gasteiger partial charge in [0.25, 0.3) is 0 Å². The molecule has 2 amide bonds. The van der Waals surface area contributed by atoms with Gasteiger partial charge in [-0.25, -0.2) is 9.79 Å². The average molecular weight is 517 g/mol. The maximum absolute atomic E-state index is 11.8. The van der Waals surface area contributed by atoms with Crippen LogP contribution in [0.5, 0.6) is 0 Å². The molecule has 164 valence electrons. The van der Waals surface area contributed by atoms with Crippen LogP contribution in [-0.2, 0) is 11.3 Å². The minimum atomic E-state index is -0.189. The first kappa shape index (κ1) is 25.5. The van der Waals surface area contributed by atoms with Crippen LogP contribution in [0, 0.1) is 0 Å². The van der Waals surface area contributed by atoms with Crippen molar-refractivity contribution in [1.29, 1.82) is 0 Å². The number of carbonyl (C=O) groups is 1. The van der Waals surface area contributed by atoms with Crippen LogP contribution in [0.1, 0.15) is 46.1 Å². The predicted molar refractivity (Wildman–Crippen MR) is 130 cm³/mol. The Bertz CT molecular complexity index is 628. The molecule has 0 bridgehead atoms.